The number of benzene rings is 2. The van der Waals surface area contributed by atoms with Crippen LogP contribution in [0.4, 0.5) is 11.4 Å². The molecule has 22 heavy (non-hydrogen) atoms. The van der Waals surface area contributed by atoms with Crippen molar-refractivity contribution in [3.05, 3.63) is 48.5 Å². The van der Waals surface area contributed by atoms with E-state index in [9.17, 15) is 4.79 Å². The second-order valence-electron chi connectivity index (χ2n) is 4.56. The fraction of sp³-hybridized carbons (Fsp3) is 0.235. The van der Waals surface area contributed by atoms with E-state index in [0.29, 0.717) is 12.4 Å². The minimum absolute atomic E-state index is 0.130. The summed E-state index contributed by atoms with van der Waals surface area (Å²) in [5.74, 6) is 1.36. The number of hydrogen-bond donors (Lipinski definition) is 2. The Morgan fingerprint density at radius 2 is 1.82 bits per heavy atom. The third-order valence-corrected chi connectivity index (χ3v) is 3.00. The number of rotatable bonds is 7. The van der Waals surface area contributed by atoms with E-state index >= 15 is 0 Å². The molecule has 0 heterocycles. The molecular weight excluding hydrogens is 280 g/mol. The van der Waals surface area contributed by atoms with Crippen molar-refractivity contribution in [1.29, 1.82) is 0 Å². The highest BCUT2D eigenvalue weighted by Gasteiger charge is 2.05. The first-order valence-electron chi connectivity index (χ1n) is 7.12. The third kappa shape index (κ3) is 4.41. The maximum absolute atomic E-state index is 12.0. The molecular formula is C17H20N2O3. The number of methoxy groups -OCH3 is 1. The summed E-state index contributed by atoms with van der Waals surface area (Å²) < 4.78 is 10.6. The van der Waals surface area contributed by atoms with Gasteiger partial charge in [0.15, 0.2) is 0 Å². The summed E-state index contributed by atoms with van der Waals surface area (Å²) in [7, 11) is 1.60. The maximum atomic E-state index is 12.0. The molecule has 116 valence electrons. The number of ether oxygens (including phenoxy) is 2. The zero-order valence-corrected chi connectivity index (χ0v) is 12.8. The van der Waals surface area contributed by atoms with Gasteiger partial charge in [0.2, 0.25) is 5.91 Å². The van der Waals surface area contributed by atoms with Crippen molar-refractivity contribution in [3.63, 3.8) is 0 Å². The Morgan fingerprint density at radius 1 is 1.09 bits per heavy atom. The lowest BCUT2D eigenvalue weighted by molar-refractivity contribution is -0.114. The molecule has 2 aromatic carbocycles. The Kier molecular flexibility index (Phi) is 5.65. The molecule has 0 aliphatic heterocycles. The summed E-state index contributed by atoms with van der Waals surface area (Å²) >= 11 is 0. The van der Waals surface area contributed by atoms with Crippen LogP contribution in [0.2, 0.25) is 0 Å². The van der Waals surface area contributed by atoms with Crippen LogP contribution in [0.25, 0.3) is 0 Å². The molecule has 5 heteroatoms. The second kappa shape index (κ2) is 7.93. The molecule has 0 aliphatic carbocycles. The average Bonchev–Trinajstić information content (AvgIpc) is 2.55. The maximum Gasteiger partial charge on any atom is 0.243 e. The molecule has 0 unspecified atom stereocenters. The van der Waals surface area contributed by atoms with Crippen LogP contribution < -0.4 is 20.1 Å². The zero-order chi connectivity index (χ0) is 15.8. The summed E-state index contributed by atoms with van der Waals surface area (Å²) in [5, 5.41) is 5.88. The lowest BCUT2D eigenvalue weighted by Gasteiger charge is -2.11. The van der Waals surface area contributed by atoms with Crippen LogP contribution in [-0.2, 0) is 4.79 Å². The monoisotopic (exact) mass is 300 g/mol. The van der Waals surface area contributed by atoms with Crippen LogP contribution in [0.15, 0.2) is 48.5 Å². The highest BCUT2D eigenvalue weighted by molar-refractivity contribution is 5.94. The van der Waals surface area contributed by atoms with E-state index in [2.05, 4.69) is 10.6 Å². The quantitative estimate of drug-likeness (QED) is 0.824. The van der Waals surface area contributed by atoms with Crippen LogP contribution in [0.5, 0.6) is 11.5 Å². The van der Waals surface area contributed by atoms with Crippen molar-refractivity contribution in [1.82, 2.24) is 0 Å². The standard InChI is InChI=1S/C17H20N2O3/c1-3-22-14-10-8-13(9-11-14)19-17(20)12-18-15-6-4-5-7-16(15)21-2/h4-11,18H,3,12H2,1-2H3,(H,19,20). The van der Waals surface area contributed by atoms with Gasteiger partial charge in [0, 0.05) is 5.69 Å². The fourth-order valence-corrected chi connectivity index (χ4v) is 1.97. The summed E-state index contributed by atoms with van der Waals surface area (Å²) in [5.41, 5.74) is 1.52. The SMILES string of the molecule is CCOc1ccc(NC(=O)CNc2ccccc2OC)cc1. The van der Waals surface area contributed by atoms with Gasteiger partial charge >= 0.3 is 0 Å². The van der Waals surface area contributed by atoms with Crippen molar-refractivity contribution in [2.24, 2.45) is 0 Å². The van der Waals surface area contributed by atoms with E-state index in [1.807, 2.05) is 55.5 Å². The Balaban J connectivity index is 1.87. The number of carbonyl (C=O) groups excluding carboxylic acids is 1. The average molecular weight is 300 g/mol. The van der Waals surface area contributed by atoms with Crippen LogP contribution in [0.1, 0.15) is 6.92 Å². The van der Waals surface area contributed by atoms with E-state index in [0.717, 1.165) is 17.1 Å². The number of para-hydroxylation sites is 2. The number of hydrogen-bond acceptors (Lipinski definition) is 4. The molecule has 0 radical (unpaired) electrons. The van der Waals surface area contributed by atoms with Crippen molar-refractivity contribution < 1.29 is 14.3 Å². The van der Waals surface area contributed by atoms with Gasteiger partial charge in [0.1, 0.15) is 11.5 Å². The van der Waals surface area contributed by atoms with Gasteiger partial charge in [0.25, 0.3) is 0 Å². The predicted octanol–water partition coefficient (Wildman–Crippen LogP) is 3.14. The Labute approximate surface area is 130 Å². The van der Waals surface area contributed by atoms with Crippen LogP contribution in [0.3, 0.4) is 0 Å². The van der Waals surface area contributed by atoms with E-state index in [4.69, 9.17) is 9.47 Å². The molecule has 0 fully saturated rings. The molecule has 0 aliphatic rings. The van der Waals surface area contributed by atoms with E-state index in [1.165, 1.54) is 0 Å². The molecule has 0 saturated heterocycles. The highest BCUT2D eigenvalue weighted by Crippen LogP contribution is 2.22. The van der Waals surface area contributed by atoms with Crippen LogP contribution in [-0.4, -0.2) is 26.2 Å². The van der Waals surface area contributed by atoms with Crippen LogP contribution in [0, 0.1) is 0 Å². The Bertz CT molecular complexity index is 612. The normalized spacial score (nSPS) is 9.91. The molecule has 0 atom stereocenters. The summed E-state index contributed by atoms with van der Waals surface area (Å²) in [6.45, 7) is 2.71. The second-order valence-corrected chi connectivity index (χ2v) is 4.56. The zero-order valence-electron chi connectivity index (χ0n) is 12.8. The topological polar surface area (TPSA) is 59.6 Å². The number of carbonyl (C=O) groups is 1. The molecule has 2 aromatic rings. The van der Waals surface area contributed by atoms with Crippen LogP contribution >= 0.6 is 0 Å². The summed E-state index contributed by atoms with van der Waals surface area (Å²) in [6.07, 6.45) is 0. The Morgan fingerprint density at radius 3 is 2.50 bits per heavy atom. The van der Waals surface area contributed by atoms with E-state index in [1.54, 1.807) is 7.11 Å². The van der Waals surface area contributed by atoms with Gasteiger partial charge in [-0.2, -0.15) is 0 Å². The summed E-state index contributed by atoms with van der Waals surface area (Å²) in [4.78, 5) is 12.0. The molecule has 0 aromatic heterocycles. The molecule has 2 rings (SSSR count). The van der Waals surface area contributed by atoms with Gasteiger partial charge in [0.05, 0.1) is 25.9 Å². The van der Waals surface area contributed by atoms with Crippen molar-refractivity contribution >= 4 is 17.3 Å². The Hall–Kier alpha value is -2.69. The molecule has 5 nitrogen and oxygen atoms in total. The lowest BCUT2D eigenvalue weighted by Crippen LogP contribution is -2.21. The largest absolute Gasteiger partial charge is 0.495 e. The van der Waals surface area contributed by atoms with Gasteiger partial charge in [-0.1, -0.05) is 12.1 Å². The van der Waals surface area contributed by atoms with E-state index in [-0.39, 0.29) is 12.5 Å². The third-order valence-electron chi connectivity index (χ3n) is 3.00. The van der Waals surface area contributed by atoms with Gasteiger partial charge in [-0.05, 0) is 43.3 Å². The lowest BCUT2D eigenvalue weighted by atomic mass is 10.3. The first kappa shape index (κ1) is 15.7. The van der Waals surface area contributed by atoms with Gasteiger partial charge in [-0.25, -0.2) is 0 Å². The minimum atomic E-state index is -0.130. The van der Waals surface area contributed by atoms with Crippen molar-refractivity contribution in [2.75, 3.05) is 30.9 Å². The molecule has 1 amide bonds. The number of amides is 1. The predicted molar refractivity (Wildman–Crippen MR) is 87.7 cm³/mol. The smallest absolute Gasteiger partial charge is 0.243 e. The molecule has 0 saturated carbocycles. The first-order valence-corrected chi connectivity index (χ1v) is 7.12. The molecule has 0 bridgehead atoms. The minimum Gasteiger partial charge on any atom is -0.495 e. The number of nitrogens with one attached hydrogen (secondary N) is 2. The van der Waals surface area contributed by atoms with Gasteiger partial charge in [-0.15, -0.1) is 0 Å². The van der Waals surface area contributed by atoms with E-state index < -0.39 is 0 Å². The number of anilines is 2. The fourth-order valence-electron chi connectivity index (χ4n) is 1.97. The first-order chi connectivity index (χ1) is 10.7. The highest BCUT2D eigenvalue weighted by atomic mass is 16.5. The van der Waals surface area contributed by atoms with Gasteiger partial charge in [-0.3, -0.25) is 4.79 Å². The van der Waals surface area contributed by atoms with Gasteiger partial charge < -0.3 is 20.1 Å². The van der Waals surface area contributed by atoms with Crippen molar-refractivity contribution in [2.45, 2.75) is 6.92 Å². The van der Waals surface area contributed by atoms with Crippen molar-refractivity contribution in [3.8, 4) is 11.5 Å². The molecule has 2 N–H and O–H groups in total. The molecule has 0 spiro atoms. The summed E-state index contributed by atoms with van der Waals surface area (Å²) in [6, 6.07) is 14.7.